The van der Waals surface area contributed by atoms with Crippen LogP contribution < -0.4 is 10.5 Å². The van der Waals surface area contributed by atoms with Crippen LogP contribution in [0.4, 0.5) is 5.69 Å². The number of rotatable bonds is 16. The van der Waals surface area contributed by atoms with E-state index in [0.717, 1.165) is 49.1 Å². The zero-order valence-corrected chi connectivity index (χ0v) is 24.5. The van der Waals surface area contributed by atoms with Crippen molar-refractivity contribution in [2.45, 2.75) is 72.1 Å². The third-order valence-electron chi connectivity index (χ3n) is 6.61. The lowest BCUT2D eigenvalue weighted by Crippen LogP contribution is -2.28. The molecule has 0 amide bonds. The number of anilines is 1. The molecule has 4 N–H and O–H groups in total. The van der Waals surface area contributed by atoms with E-state index in [2.05, 4.69) is 25.7 Å². The van der Waals surface area contributed by atoms with Gasteiger partial charge >= 0.3 is 11.9 Å². The van der Waals surface area contributed by atoms with E-state index in [9.17, 15) is 4.79 Å². The molecule has 1 aromatic heterocycles. The summed E-state index contributed by atoms with van der Waals surface area (Å²) in [5.74, 6) is -2.14. The van der Waals surface area contributed by atoms with Gasteiger partial charge in [-0.3, -0.25) is 4.79 Å². The fourth-order valence-corrected chi connectivity index (χ4v) is 4.35. The molecular weight excluding hydrogens is 524 g/mol. The maximum absolute atomic E-state index is 13.5. The van der Waals surface area contributed by atoms with E-state index in [-0.39, 0.29) is 5.78 Å². The number of carbonyl (C=O) groups is 3. The zero-order valence-electron chi connectivity index (χ0n) is 24.5. The minimum absolute atomic E-state index is 0.0329. The number of benzene rings is 2. The highest BCUT2D eigenvalue weighted by molar-refractivity contribution is 6.27. The summed E-state index contributed by atoms with van der Waals surface area (Å²) >= 11 is 0. The Morgan fingerprint density at radius 1 is 0.829 bits per heavy atom. The number of aryl methyl sites for hydroxylation is 1. The average Bonchev–Trinajstić information content (AvgIpc) is 3.32. The van der Waals surface area contributed by atoms with Crippen molar-refractivity contribution >= 4 is 34.4 Å². The van der Waals surface area contributed by atoms with Crippen LogP contribution in [0.5, 0.6) is 5.75 Å². The van der Waals surface area contributed by atoms with E-state index in [1.54, 1.807) is 0 Å². The number of unbranched alkanes of at least 4 members (excludes halogenated alkanes) is 3. The van der Waals surface area contributed by atoms with Crippen molar-refractivity contribution < 1.29 is 33.8 Å². The summed E-state index contributed by atoms with van der Waals surface area (Å²) in [4.78, 5) is 34.2. The van der Waals surface area contributed by atoms with Crippen molar-refractivity contribution in [2.75, 3.05) is 32.0 Å². The van der Waals surface area contributed by atoms with E-state index in [0.29, 0.717) is 29.0 Å². The Morgan fingerprint density at radius 2 is 1.41 bits per heavy atom. The fourth-order valence-electron chi connectivity index (χ4n) is 4.35. The SMILES string of the molecule is CCCCc1oc2ccc(N)cc2c1C(=O)c1ccc(OCCCN(CCCC)CCCC)cc1.O=C(O)C(=O)O. The molecule has 0 fully saturated rings. The maximum Gasteiger partial charge on any atom is 0.414 e. The molecule has 224 valence electrons. The van der Waals surface area contributed by atoms with Crippen molar-refractivity contribution in [1.29, 1.82) is 0 Å². The third-order valence-corrected chi connectivity index (χ3v) is 6.61. The van der Waals surface area contributed by atoms with Gasteiger partial charge in [0.2, 0.25) is 0 Å². The zero-order chi connectivity index (χ0) is 30.2. The molecule has 9 heteroatoms. The van der Waals surface area contributed by atoms with Gasteiger partial charge in [0.05, 0.1) is 12.2 Å². The number of furan rings is 1. The van der Waals surface area contributed by atoms with Crippen LogP contribution in [-0.2, 0) is 16.0 Å². The van der Waals surface area contributed by atoms with Crippen molar-refractivity contribution in [1.82, 2.24) is 4.90 Å². The summed E-state index contributed by atoms with van der Waals surface area (Å²) in [6.07, 6.45) is 8.69. The van der Waals surface area contributed by atoms with Gasteiger partial charge in [-0.05, 0) is 81.2 Å². The Hall–Kier alpha value is -3.85. The lowest BCUT2D eigenvalue weighted by atomic mass is 9.98. The minimum atomic E-state index is -1.82. The van der Waals surface area contributed by atoms with Gasteiger partial charge in [0.15, 0.2) is 5.78 Å². The number of ketones is 1. The topological polar surface area (TPSA) is 143 Å². The van der Waals surface area contributed by atoms with Gasteiger partial charge in [0, 0.05) is 29.6 Å². The number of hydrogen-bond donors (Lipinski definition) is 3. The maximum atomic E-state index is 13.5. The van der Waals surface area contributed by atoms with Crippen LogP contribution in [0.3, 0.4) is 0 Å². The minimum Gasteiger partial charge on any atom is -0.494 e. The molecule has 0 saturated carbocycles. The van der Waals surface area contributed by atoms with E-state index >= 15 is 0 Å². The molecule has 0 atom stereocenters. The van der Waals surface area contributed by atoms with Crippen LogP contribution in [0.15, 0.2) is 46.9 Å². The van der Waals surface area contributed by atoms with Gasteiger partial charge in [0.1, 0.15) is 17.1 Å². The Morgan fingerprint density at radius 3 is 1.98 bits per heavy atom. The molecule has 0 aliphatic heterocycles. The molecule has 0 unspecified atom stereocenters. The largest absolute Gasteiger partial charge is 0.494 e. The summed E-state index contributed by atoms with van der Waals surface area (Å²) in [6, 6.07) is 13.0. The molecule has 0 saturated heterocycles. The molecule has 0 radical (unpaired) electrons. The summed E-state index contributed by atoms with van der Waals surface area (Å²) in [5, 5.41) is 15.6. The number of nitrogen functional groups attached to an aromatic ring is 1. The van der Waals surface area contributed by atoms with Gasteiger partial charge < -0.3 is 30.0 Å². The number of carboxylic acid groups (broad SMARTS) is 2. The van der Waals surface area contributed by atoms with E-state index in [1.165, 1.54) is 38.8 Å². The molecule has 3 rings (SSSR count). The first-order valence-corrected chi connectivity index (χ1v) is 14.5. The number of nitrogens with zero attached hydrogens (tertiary/aromatic N) is 1. The molecule has 2 aromatic carbocycles. The monoisotopic (exact) mass is 568 g/mol. The van der Waals surface area contributed by atoms with E-state index < -0.39 is 11.9 Å². The lowest BCUT2D eigenvalue weighted by molar-refractivity contribution is -0.159. The van der Waals surface area contributed by atoms with E-state index in [1.807, 2.05) is 42.5 Å². The van der Waals surface area contributed by atoms with Crippen LogP contribution in [0.2, 0.25) is 0 Å². The molecule has 1 heterocycles. The highest BCUT2D eigenvalue weighted by Crippen LogP contribution is 2.31. The number of aliphatic carboxylic acids is 2. The van der Waals surface area contributed by atoms with Gasteiger partial charge in [-0.1, -0.05) is 40.0 Å². The van der Waals surface area contributed by atoms with Crippen molar-refractivity contribution in [3.63, 3.8) is 0 Å². The molecule has 41 heavy (non-hydrogen) atoms. The first kappa shape index (κ1) is 33.4. The first-order valence-electron chi connectivity index (χ1n) is 14.5. The number of nitrogens with two attached hydrogens (primary N) is 1. The summed E-state index contributed by atoms with van der Waals surface area (Å²) < 4.78 is 12.0. The van der Waals surface area contributed by atoms with Gasteiger partial charge in [-0.2, -0.15) is 0 Å². The standard InChI is InChI=1S/C30H42N2O3.C2H2O4/c1-4-7-11-28-29(26-22-24(31)14-17-27(26)35-28)30(33)23-12-15-25(16-13-23)34-21-10-20-32(18-8-5-2)19-9-6-3;3-1(4)2(5)6/h12-17,22H,4-11,18-21,31H2,1-3H3;(H,3,4)(H,5,6). The highest BCUT2D eigenvalue weighted by atomic mass is 16.5. The highest BCUT2D eigenvalue weighted by Gasteiger charge is 2.22. The molecule has 9 nitrogen and oxygen atoms in total. The fraction of sp³-hybridized carbons (Fsp3) is 0.469. The molecule has 3 aromatic rings. The second-order valence-corrected chi connectivity index (χ2v) is 9.97. The smallest absolute Gasteiger partial charge is 0.414 e. The Balaban J connectivity index is 0.000000883. The number of fused-ring (bicyclic) bond motifs is 1. The first-order chi connectivity index (χ1) is 19.7. The molecule has 0 bridgehead atoms. The van der Waals surface area contributed by atoms with Gasteiger partial charge in [0.25, 0.3) is 0 Å². The number of ether oxygens (including phenoxy) is 1. The average molecular weight is 569 g/mol. The molecule has 0 aliphatic rings. The summed E-state index contributed by atoms with van der Waals surface area (Å²) in [6.45, 7) is 10.7. The van der Waals surface area contributed by atoms with Crippen LogP contribution in [0.1, 0.15) is 87.4 Å². The number of carboxylic acids is 2. The quantitative estimate of drug-likeness (QED) is 0.0772. The van der Waals surface area contributed by atoms with Gasteiger partial charge in [-0.15, -0.1) is 0 Å². The van der Waals surface area contributed by atoms with Crippen molar-refractivity contribution in [2.24, 2.45) is 0 Å². The lowest BCUT2D eigenvalue weighted by Gasteiger charge is -2.21. The number of hydrogen-bond acceptors (Lipinski definition) is 7. The molecular formula is C32H44N2O7. The van der Waals surface area contributed by atoms with Crippen LogP contribution in [0.25, 0.3) is 11.0 Å². The second-order valence-electron chi connectivity index (χ2n) is 9.97. The van der Waals surface area contributed by atoms with Gasteiger partial charge in [-0.25, -0.2) is 9.59 Å². The normalized spacial score (nSPS) is 10.8. The van der Waals surface area contributed by atoms with Crippen LogP contribution in [0, 0.1) is 0 Å². The Kier molecular flexibility index (Phi) is 14.4. The summed E-state index contributed by atoms with van der Waals surface area (Å²) in [5.41, 5.74) is 8.61. The second kappa shape index (κ2) is 17.8. The summed E-state index contributed by atoms with van der Waals surface area (Å²) in [7, 11) is 0. The predicted molar refractivity (Wildman–Crippen MR) is 161 cm³/mol. The predicted octanol–water partition coefficient (Wildman–Crippen LogP) is 6.42. The van der Waals surface area contributed by atoms with Crippen molar-refractivity contribution in [3.05, 3.63) is 59.4 Å². The Labute approximate surface area is 242 Å². The Bertz CT molecular complexity index is 1230. The van der Waals surface area contributed by atoms with E-state index in [4.69, 9.17) is 34.7 Å². The number of carbonyl (C=O) groups excluding carboxylic acids is 1. The van der Waals surface area contributed by atoms with Crippen LogP contribution in [-0.4, -0.2) is 59.1 Å². The third kappa shape index (κ3) is 10.9. The molecule has 0 aliphatic carbocycles. The molecule has 0 spiro atoms. The van der Waals surface area contributed by atoms with Crippen LogP contribution >= 0.6 is 0 Å². The van der Waals surface area contributed by atoms with Crippen molar-refractivity contribution in [3.8, 4) is 5.75 Å².